The van der Waals surface area contributed by atoms with Crippen LogP contribution in [0, 0.1) is 6.92 Å². The first-order valence-corrected chi connectivity index (χ1v) is 10.1. The number of hydrogen-bond donors (Lipinski definition) is 0. The number of aromatic nitrogens is 1. The van der Waals surface area contributed by atoms with Crippen molar-refractivity contribution < 1.29 is 13.2 Å². The van der Waals surface area contributed by atoms with Crippen LogP contribution in [0.25, 0.3) is 10.9 Å². The third kappa shape index (κ3) is 6.35. The zero-order chi connectivity index (χ0) is 17.6. The van der Waals surface area contributed by atoms with Gasteiger partial charge in [0, 0.05) is 38.0 Å². The summed E-state index contributed by atoms with van der Waals surface area (Å²) < 4.78 is 24.2. The molecule has 0 spiro atoms. The van der Waals surface area contributed by atoms with Gasteiger partial charge in [0.05, 0.1) is 5.52 Å². The third-order valence-corrected chi connectivity index (χ3v) is 3.07. The number of pyridine rings is 1. The number of rotatable bonds is 3. The Balaban J connectivity index is 0.000000368. The lowest BCUT2D eigenvalue weighted by atomic mass is 10.1. The second-order valence-electron chi connectivity index (χ2n) is 4.92. The summed E-state index contributed by atoms with van der Waals surface area (Å²) >= 11 is 0. The van der Waals surface area contributed by atoms with Gasteiger partial charge in [-0.1, -0.05) is 36.4 Å². The van der Waals surface area contributed by atoms with Gasteiger partial charge in [-0.2, -0.15) is 8.42 Å². The average Bonchev–Trinajstić information content (AvgIpc) is 2.52. The minimum Gasteiger partial charge on any atom is -0.489 e. The fourth-order valence-corrected chi connectivity index (χ4v) is 2.19. The second kappa shape index (κ2) is 8.33. The highest BCUT2D eigenvalue weighted by Gasteiger charge is 2.04. The van der Waals surface area contributed by atoms with Crippen LogP contribution >= 0.6 is 21.4 Å². The van der Waals surface area contributed by atoms with Crippen LogP contribution in [-0.2, 0) is 14.9 Å². The van der Waals surface area contributed by atoms with Crippen molar-refractivity contribution in [3.63, 3.8) is 0 Å². The monoisotopic (exact) mass is 383 g/mol. The molecule has 0 amide bonds. The van der Waals surface area contributed by atoms with Crippen molar-refractivity contribution in [2.45, 2.75) is 13.5 Å². The highest BCUT2D eigenvalue weighted by atomic mass is 36.0. The number of halogens is 2. The second-order valence-corrected chi connectivity index (χ2v) is 8.59. The number of nitrogens with zero attached hydrogens (tertiary/aromatic N) is 1. The summed E-state index contributed by atoms with van der Waals surface area (Å²) in [5.74, 6) is 0.890. The summed E-state index contributed by atoms with van der Waals surface area (Å²) in [5.41, 5.74) is 3.21. The van der Waals surface area contributed by atoms with E-state index in [0.717, 1.165) is 22.3 Å². The summed E-state index contributed by atoms with van der Waals surface area (Å²) in [6.45, 7) is 2.58. The van der Waals surface area contributed by atoms with E-state index in [9.17, 15) is 0 Å². The van der Waals surface area contributed by atoms with Gasteiger partial charge in [-0.3, -0.25) is 4.98 Å². The average molecular weight is 384 g/mol. The first-order valence-electron chi connectivity index (χ1n) is 7.00. The number of benzene rings is 2. The molecule has 2 aromatic carbocycles. The van der Waals surface area contributed by atoms with Crippen LogP contribution in [0.15, 0.2) is 60.7 Å². The Morgan fingerprint density at radius 3 is 2.25 bits per heavy atom. The summed E-state index contributed by atoms with van der Waals surface area (Å²) in [6.07, 6.45) is 0. The van der Waals surface area contributed by atoms with E-state index in [4.69, 9.17) is 13.2 Å². The molecule has 0 aliphatic rings. The molecule has 1 heterocycles. The van der Waals surface area contributed by atoms with Crippen LogP contribution in [0.1, 0.15) is 11.3 Å². The van der Waals surface area contributed by atoms with Gasteiger partial charge in [0.25, 0.3) is 0 Å². The maximum absolute atomic E-state index is 9.16. The van der Waals surface area contributed by atoms with E-state index >= 15 is 0 Å². The molecule has 0 saturated carbocycles. The van der Waals surface area contributed by atoms with E-state index < -0.39 is 8.26 Å². The zero-order valence-corrected chi connectivity index (χ0v) is 15.1. The topological polar surface area (TPSA) is 56.3 Å². The van der Waals surface area contributed by atoms with Crippen LogP contribution in [-0.4, -0.2) is 13.4 Å². The van der Waals surface area contributed by atoms with Crippen LogP contribution in [0.2, 0.25) is 0 Å². The predicted molar refractivity (Wildman–Crippen MR) is 97.9 cm³/mol. The molecule has 0 atom stereocenters. The minimum absolute atomic E-state index is 0.563. The van der Waals surface area contributed by atoms with Crippen molar-refractivity contribution in [1.82, 2.24) is 4.98 Å². The Bertz CT molecular complexity index is 908. The summed E-state index contributed by atoms with van der Waals surface area (Å²) in [6, 6.07) is 20.1. The molecule has 1 aromatic heterocycles. The molecule has 0 aliphatic heterocycles. The van der Waals surface area contributed by atoms with E-state index in [1.165, 1.54) is 5.56 Å². The van der Waals surface area contributed by atoms with Crippen molar-refractivity contribution in [2.24, 2.45) is 0 Å². The van der Waals surface area contributed by atoms with Crippen molar-refractivity contribution in [3.8, 4) is 5.75 Å². The number of aryl methyl sites for hydroxylation is 1. The fraction of sp³-hybridized carbons (Fsp3) is 0.118. The molecule has 7 heteroatoms. The standard InChI is InChI=1S/C17H15NO.Cl2O2S/c1-13-11-14(12-19-15-7-3-2-4-8-15)16-9-5-6-10-17(16)18-13;1-5(2,3)4/h2-11H,12H2,1H3;. The Labute approximate surface area is 149 Å². The molecule has 0 fully saturated rings. The molecule has 0 unspecified atom stereocenters. The van der Waals surface area contributed by atoms with Crippen LogP contribution in [0.5, 0.6) is 5.75 Å². The van der Waals surface area contributed by atoms with E-state index in [1.807, 2.05) is 55.5 Å². The van der Waals surface area contributed by atoms with Gasteiger partial charge in [-0.25, -0.2) is 0 Å². The van der Waals surface area contributed by atoms with E-state index in [2.05, 4.69) is 38.5 Å². The molecule has 0 radical (unpaired) electrons. The first-order chi connectivity index (χ1) is 11.3. The van der Waals surface area contributed by atoms with Gasteiger partial charge in [-0.05, 0) is 31.2 Å². The third-order valence-electron chi connectivity index (χ3n) is 3.07. The van der Waals surface area contributed by atoms with Crippen LogP contribution < -0.4 is 4.74 Å². The largest absolute Gasteiger partial charge is 0.489 e. The van der Waals surface area contributed by atoms with Crippen molar-refractivity contribution in [1.29, 1.82) is 0 Å². The summed E-state index contributed by atoms with van der Waals surface area (Å²) in [4.78, 5) is 4.54. The fourth-order valence-electron chi connectivity index (χ4n) is 2.19. The zero-order valence-electron chi connectivity index (χ0n) is 12.8. The van der Waals surface area contributed by atoms with Gasteiger partial charge < -0.3 is 4.74 Å². The number of hydrogen-bond acceptors (Lipinski definition) is 4. The van der Waals surface area contributed by atoms with Crippen LogP contribution in [0.3, 0.4) is 0 Å². The maximum atomic E-state index is 9.16. The van der Waals surface area contributed by atoms with E-state index in [0.29, 0.717) is 6.61 Å². The van der Waals surface area contributed by atoms with Gasteiger partial charge in [0.15, 0.2) is 0 Å². The molecular formula is C17H15Cl2NO3S. The molecule has 4 nitrogen and oxygen atoms in total. The highest BCUT2D eigenvalue weighted by molar-refractivity contribution is 8.31. The molecule has 126 valence electrons. The number of fused-ring (bicyclic) bond motifs is 1. The Hall–Kier alpha value is -1.82. The lowest BCUT2D eigenvalue weighted by molar-refractivity contribution is 0.307. The van der Waals surface area contributed by atoms with Gasteiger partial charge in [0.2, 0.25) is 0 Å². The van der Waals surface area contributed by atoms with E-state index in [1.54, 1.807) is 0 Å². The summed E-state index contributed by atoms with van der Waals surface area (Å²) in [5, 5.41) is 1.16. The molecule has 0 saturated heterocycles. The Morgan fingerprint density at radius 1 is 1.00 bits per heavy atom. The molecular weight excluding hydrogens is 369 g/mol. The van der Waals surface area contributed by atoms with Gasteiger partial charge in [-0.15, -0.1) is 0 Å². The van der Waals surface area contributed by atoms with E-state index in [-0.39, 0.29) is 0 Å². The lowest BCUT2D eigenvalue weighted by Gasteiger charge is -2.09. The molecule has 0 aliphatic carbocycles. The molecule has 0 N–H and O–H groups in total. The molecule has 0 bridgehead atoms. The van der Waals surface area contributed by atoms with Crippen molar-refractivity contribution in [2.75, 3.05) is 0 Å². The van der Waals surface area contributed by atoms with Gasteiger partial charge in [0.1, 0.15) is 12.4 Å². The SMILES string of the molecule is Cc1cc(COc2ccccc2)c2ccccc2n1.O=S(=O)(Cl)Cl. The first kappa shape index (κ1) is 18.5. The number of ether oxygens (including phenoxy) is 1. The Morgan fingerprint density at radius 2 is 1.58 bits per heavy atom. The lowest BCUT2D eigenvalue weighted by Crippen LogP contribution is -1.98. The Kier molecular flexibility index (Phi) is 6.43. The van der Waals surface area contributed by atoms with Gasteiger partial charge >= 0.3 is 8.26 Å². The minimum atomic E-state index is -3.72. The molecule has 24 heavy (non-hydrogen) atoms. The van der Waals surface area contributed by atoms with Crippen LogP contribution in [0.4, 0.5) is 0 Å². The quantitative estimate of drug-likeness (QED) is 0.607. The highest BCUT2D eigenvalue weighted by Crippen LogP contribution is 2.20. The maximum Gasteiger partial charge on any atom is 0.317 e. The predicted octanol–water partition coefficient (Wildman–Crippen LogP) is 4.83. The molecule has 3 aromatic rings. The molecule has 3 rings (SSSR count). The smallest absolute Gasteiger partial charge is 0.317 e. The normalized spacial score (nSPS) is 10.8. The van der Waals surface area contributed by atoms with Crippen molar-refractivity contribution in [3.05, 3.63) is 71.9 Å². The van der Waals surface area contributed by atoms with Crippen molar-refractivity contribution >= 4 is 40.5 Å². The summed E-state index contributed by atoms with van der Waals surface area (Å²) in [7, 11) is 4.81. The number of para-hydroxylation sites is 2.